The van der Waals surface area contributed by atoms with Crippen molar-refractivity contribution in [1.29, 1.82) is 0 Å². The second-order valence-electron chi connectivity index (χ2n) is 5.89. The smallest absolute Gasteiger partial charge is 0.296 e. The van der Waals surface area contributed by atoms with Crippen molar-refractivity contribution in [3.8, 4) is 17.6 Å². The lowest BCUT2D eigenvalue weighted by atomic mass is 10.2. The third kappa shape index (κ3) is 4.87. The van der Waals surface area contributed by atoms with Crippen molar-refractivity contribution in [2.45, 2.75) is 13.0 Å². The number of carbonyl (C=O) groups is 2. The molecule has 0 atom stereocenters. The molecule has 3 rings (SSSR count). The number of carbonyl (C=O) groups excluding carboxylic acids is 2. The van der Waals surface area contributed by atoms with Crippen LogP contribution < -0.4 is 10.1 Å². The average molecular weight is 348 g/mol. The van der Waals surface area contributed by atoms with Crippen LogP contribution >= 0.6 is 0 Å². The lowest BCUT2D eigenvalue weighted by Gasteiger charge is -2.19. The van der Waals surface area contributed by atoms with E-state index in [0.717, 1.165) is 16.9 Å². The molecule has 0 saturated heterocycles. The first-order valence-electron chi connectivity index (χ1n) is 8.56. The number of ether oxygens (including phenoxy) is 1. The van der Waals surface area contributed by atoms with Gasteiger partial charge in [-0.3, -0.25) is 9.59 Å². The van der Waals surface area contributed by atoms with Gasteiger partial charge in [-0.05, 0) is 18.2 Å². The maximum Gasteiger partial charge on any atom is 0.296 e. The molecule has 2 aromatic rings. The average Bonchev–Trinajstić information content (AvgIpc) is 2.89. The highest BCUT2D eigenvalue weighted by molar-refractivity contribution is 5.94. The Morgan fingerprint density at radius 1 is 1.08 bits per heavy atom. The van der Waals surface area contributed by atoms with Crippen LogP contribution in [-0.2, 0) is 16.1 Å². The molecule has 5 nitrogen and oxygen atoms in total. The second-order valence-corrected chi connectivity index (χ2v) is 5.89. The molecule has 0 unspecified atom stereocenters. The Bertz CT molecular complexity index is 837. The molecule has 132 valence electrons. The molecule has 0 bridgehead atoms. The van der Waals surface area contributed by atoms with E-state index < -0.39 is 0 Å². The molecule has 1 aliphatic rings. The Morgan fingerprint density at radius 2 is 1.85 bits per heavy atom. The molecule has 0 saturated carbocycles. The number of hydrogen-bond donors (Lipinski definition) is 1. The molecular weight excluding hydrogens is 328 g/mol. The predicted molar refractivity (Wildman–Crippen MR) is 98.3 cm³/mol. The summed E-state index contributed by atoms with van der Waals surface area (Å²) < 4.78 is 5.66. The Labute approximate surface area is 153 Å². The van der Waals surface area contributed by atoms with Crippen molar-refractivity contribution in [1.82, 2.24) is 10.2 Å². The molecule has 2 aromatic carbocycles. The van der Waals surface area contributed by atoms with Crippen LogP contribution in [-0.4, -0.2) is 36.4 Å². The Balaban J connectivity index is 1.47. The van der Waals surface area contributed by atoms with Gasteiger partial charge in [-0.15, -0.1) is 0 Å². The topological polar surface area (TPSA) is 58.6 Å². The van der Waals surface area contributed by atoms with Crippen LogP contribution in [0.1, 0.15) is 17.5 Å². The lowest BCUT2D eigenvalue weighted by molar-refractivity contribution is -0.131. The summed E-state index contributed by atoms with van der Waals surface area (Å²) in [6.07, 6.45) is 0.237. The minimum absolute atomic E-state index is 0.0124. The Kier molecular flexibility index (Phi) is 5.89. The minimum atomic E-state index is -0.383. The SMILES string of the molecule is O=C(C#Cc1ccccc1)NCCC(=O)N1CCOc2ccccc2C1. The molecule has 0 aliphatic carbocycles. The van der Waals surface area contributed by atoms with E-state index in [1.807, 2.05) is 54.6 Å². The standard InChI is InChI=1S/C21H20N2O3/c24-20(11-10-17-6-2-1-3-7-17)22-13-12-21(25)23-14-15-26-19-9-5-4-8-18(19)16-23/h1-9H,12-16H2,(H,22,24). The third-order valence-corrected chi connectivity index (χ3v) is 4.02. The van der Waals surface area contributed by atoms with Gasteiger partial charge < -0.3 is 15.0 Å². The van der Waals surface area contributed by atoms with Crippen molar-refractivity contribution < 1.29 is 14.3 Å². The first-order chi connectivity index (χ1) is 12.7. The summed E-state index contributed by atoms with van der Waals surface area (Å²) in [5.41, 5.74) is 1.78. The summed E-state index contributed by atoms with van der Waals surface area (Å²) in [6, 6.07) is 17.0. The van der Waals surface area contributed by atoms with Gasteiger partial charge >= 0.3 is 0 Å². The molecule has 2 amide bonds. The minimum Gasteiger partial charge on any atom is -0.491 e. The van der Waals surface area contributed by atoms with Crippen LogP contribution in [0, 0.1) is 11.8 Å². The molecule has 0 fully saturated rings. The molecule has 1 heterocycles. The van der Waals surface area contributed by atoms with E-state index in [1.165, 1.54) is 0 Å². The normalized spacial score (nSPS) is 12.7. The summed E-state index contributed by atoms with van der Waals surface area (Å²) in [7, 11) is 0. The quantitative estimate of drug-likeness (QED) is 0.863. The van der Waals surface area contributed by atoms with Gasteiger partial charge in [0.2, 0.25) is 5.91 Å². The predicted octanol–water partition coefficient (Wildman–Crippen LogP) is 1.97. The number of para-hydroxylation sites is 1. The van der Waals surface area contributed by atoms with Crippen LogP contribution in [0.5, 0.6) is 5.75 Å². The maximum absolute atomic E-state index is 12.4. The number of nitrogens with zero attached hydrogens (tertiary/aromatic N) is 1. The summed E-state index contributed by atoms with van der Waals surface area (Å²) in [4.78, 5) is 25.9. The summed E-state index contributed by atoms with van der Waals surface area (Å²) >= 11 is 0. The fourth-order valence-corrected chi connectivity index (χ4v) is 2.67. The molecule has 1 aliphatic heterocycles. The van der Waals surface area contributed by atoms with Gasteiger partial charge in [0.15, 0.2) is 0 Å². The zero-order valence-corrected chi connectivity index (χ0v) is 14.4. The molecule has 0 radical (unpaired) electrons. The van der Waals surface area contributed by atoms with E-state index in [9.17, 15) is 9.59 Å². The highest BCUT2D eigenvalue weighted by Crippen LogP contribution is 2.22. The Hall–Kier alpha value is -3.26. The molecule has 26 heavy (non-hydrogen) atoms. The highest BCUT2D eigenvalue weighted by atomic mass is 16.5. The number of benzene rings is 2. The van der Waals surface area contributed by atoms with Crippen LogP contribution in [0.2, 0.25) is 0 Å². The maximum atomic E-state index is 12.4. The molecular formula is C21H20N2O3. The van der Waals surface area contributed by atoms with Crippen LogP contribution in [0.4, 0.5) is 0 Å². The van der Waals surface area contributed by atoms with Gasteiger partial charge in [-0.1, -0.05) is 42.3 Å². The van der Waals surface area contributed by atoms with E-state index in [2.05, 4.69) is 17.2 Å². The number of hydrogen-bond acceptors (Lipinski definition) is 3. The monoisotopic (exact) mass is 348 g/mol. The summed E-state index contributed by atoms with van der Waals surface area (Å²) in [5, 5.41) is 2.67. The van der Waals surface area contributed by atoms with Crippen LogP contribution in [0.3, 0.4) is 0 Å². The van der Waals surface area contributed by atoms with Gasteiger partial charge in [0.1, 0.15) is 12.4 Å². The second kappa shape index (κ2) is 8.72. The van der Waals surface area contributed by atoms with E-state index in [0.29, 0.717) is 19.7 Å². The highest BCUT2D eigenvalue weighted by Gasteiger charge is 2.19. The Morgan fingerprint density at radius 3 is 2.69 bits per heavy atom. The number of nitrogens with one attached hydrogen (secondary N) is 1. The zero-order chi connectivity index (χ0) is 18.2. The van der Waals surface area contributed by atoms with E-state index in [1.54, 1.807) is 4.90 Å². The van der Waals surface area contributed by atoms with E-state index in [4.69, 9.17) is 4.74 Å². The fourth-order valence-electron chi connectivity index (χ4n) is 2.67. The van der Waals surface area contributed by atoms with Crippen LogP contribution in [0.25, 0.3) is 0 Å². The van der Waals surface area contributed by atoms with Crippen molar-refractivity contribution >= 4 is 11.8 Å². The first-order valence-corrected chi connectivity index (χ1v) is 8.56. The van der Waals surface area contributed by atoms with Crippen molar-refractivity contribution in [2.24, 2.45) is 0 Å². The molecule has 0 aromatic heterocycles. The van der Waals surface area contributed by atoms with Crippen molar-refractivity contribution in [3.63, 3.8) is 0 Å². The largest absolute Gasteiger partial charge is 0.491 e. The molecule has 5 heteroatoms. The van der Waals surface area contributed by atoms with Gasteiger partial charge in [-0.2, -0.15) is 0 Å². The van der Waals surface area contributed by atoms with Gasteiger partial charge in [0, 0.05) is 36.6 Å². The summed E-state index contributed by atoms with van der Waals surface area (Å²) in [6.45, 7) is 1.80. The van der Waals surface area contributed by atoms with Gasteiger partial charge in [0.25, 0.3) is 5.91 Å². The first kappa shape index (κ1) is 17.6. The summed E-state index contributed by atoms with van der Waals surface area (Å²) in [5.74, 6) is 5.75. The van der Waals surface area contributed by atoms with Crippen LogP contribution in [0.15, 0.2) is 54.6 Å². The van der Waals surface area contributed by atoms with Gasteiger partial charge in [0.05, 0.1) is 6.54 Å². The molecule has 0 spiro atoms. The third-order valence-electron chi connectivity index (χ3n) is 4.02. The van der Waals surface area contributed by atoms with Gasteiger partial charge in [-0.25, -0.2) is 0 Å². The lowest BCUT2D eigenvalue weighted by Crippen LogP contribution is -2.35. The number of fused-ring (bicyclic) bond motifs is 1. The van der Waals surface area contributed by atoms with E-state index in [-0.39, 0.29) is 24.8 Å². The number of amides is 2. The van der Waals surface area contributed by atoms with Crippen molar-refractivity contribution in [2.75, 3.05) is 19.7 Å². The van der Waals surface area contributed by atoms with Crippen molar-refractivity contribution in [3.05, 3.63) is 65.7 Å². The molecule has 1 N–H and O–H groups in total. The number of rotatable bonds is 3. The zero-order valence-electron chi connectivity index (χ0n) is 14.4. The fraction of sp³-hybridized carbons (Fsp3) is 0.238. The van der Waals surface area contributed by atoms with E-state index >= 15 is 0 Å².